The third kappa shape index (κ3) is 10.0. The predicted molar refractivity (Wildman–Crippen MR) is 195 cm³/mol. The Labute approximate surface area is 289 Å². The molecular formula is C32H34O8S4Si2. The summed E-state index contributed by atoms with van der Waals surface area (Å²) in [5.41, 5.74) is 9.81. The number of carbonyl (C=O) groups is 4. The molecule has 1 aromatic carbocycles. The Bertz CT molecular complexity index is 1550. The molecule has 46 heavy (non-hydrogen) atoms. The minimum Gasteiger partial charge on any atom is -0.465 e. The van der Waals surface area contributed by atoms with Gasteiger partial charge in [0.1, 0.15) is 35.8 Å². The zero-order valence-corrected chi connectivity index (χ0v) is 32.5. The number of hydrogen-bond acceptors (Lipinski definition) is 12. The average Bonchev–Trinajstić information content (AvgIpc) is 3.62. The SMILES string of the molecule is COC(=O)C1=C(C(=O)OC)SC(=Cc2cc(C#C[Si](C)(C)C)c(C=C3SC(C(=O)OC)=C(C(=O)OC)S3)cc2C#C[Si](C)(C)C)S1. The highest BCUT2D eigenvalue weighted by Gasteiger charge is 2.34. The number of methoxy groups -OCH3 is 4. The number of benzene rings is 1. The first-order valence-electron chi connectivity index (χ1n) is 13.7. The van der Waals surface area contributed by atoms with Gasteiger partial charge in [0.15, 0.2) is 0 Å². The molecule has 1 aromatic rings. The van der Waals surface area contributed by atoms with Gasteiger partial charge in [-0.05, 0) is 35.4 Å². The Balaban J connectivity index is 2.25. The van der Waals surface area contributed by atoms with Gasteiger partial charge in [-0.2, -0.15) is 0 Å². The summed E-state index contributed by atoms with van der Waals surface area (Å²) in [6.45, 7) is 12.9. The van der Waals surface area contributed by atoms with Crippen LogP contribution >= 0.6 is 47.0 Å². The van der Waals surface area contributed by atoms with Crippen LogP contribution in [0.1, 0.15) is 22.3 Å². The third-order valence-electron chi connectivity index (χ3n) is 5.62. The summed E-state index contributed by atoms with van der Waals surface area (Å²) in [7, 11) is 1.43. The molecule has 0 atom stereocenters. The Morgan fingerprint density at radius 1 is 0.543 bits per heavy atom. The van der Waals surface area contributed by atoms with Gasteiger partial charge in [0.2, 0.25) is 0 Å². The molecule has 0 radical (unpaired) electrons. The lowest BCUT2D eigenvalue weighted by atomic mass is 9.99. The van der Waals surface area contributed by atoms with Crippen molar-refractivity contribution in [3.05, 3.63) is 62.5 Å². The number of hydrogen-bond donors (Lipinski definition) is 0. The highest BCUT2D eigenvalue weighted by molar-refractivity contribution is 8.30. The molecule has 2 heterocycles. The summed E-state index contributed by atoms with van der Waals surface area (Å²) in [4.78, 5) is 50.6. The minimum atomic E-state index is -1.81. The molecule has 3 rings (SSSR count). The van der Waals surface area contributed by atoms with Crippen LogP contribution in [0.2, 0.25) is 39.3 Å². The molecule has 0 fully saturated rings. The van der Waals surface area contributed by atoms with Crippen LogP contribution < -0.4 is 0 Å². The van der Waals surface area contributed by atoms with Crippen LogP contribution in [-0.4, -0.2) is 68.5 Å². The molecule has 242 valence electrons. The molecule has 0 unspecified atom stereocenters. The van der Waals surface area contributed by atoms with Crippen LogP contribution in [0, 0.1) is 22.9 Å². The Hall–Kier alpha value is -2.99. The van der Waals surface area contributed by atoms with E-state index in [1.165, 1.54) is 28.4 Å². The first kappa shape index (κ1) is 37.5. The van der Waals surface area contributed by atoms with E-state index in [9.17, 15) is 19.2 Å². The first-order chi connectivity index (χ1) is 21.5. The molecule has 8 nitrogen and oxygen atoms in total. The second kappa shape index (κ2) is 15.7. The van der Waals surface area contributed by atoms with E-state index < -0.39 is 40.0 Å². The van der Waals surface area contributed by atoms with E-state index in [1.807, 2.05) is 24.3 Å². The number of rotatable bonds is 6. The molecule has 0 aliphatic carbocycles. The van der Waals surface area contributed by atoms with Crippen LogP contribution in [0.15, 0.2) is 40.2 Å². The summed E-state index contributed by atoms with van der Waals surface area (Å²) >= 11 is 4.54. The number of carbonyl (C=O) groups excluding carboxylic acids is 4. The Morgan fingerprint density at radius 2 is 0.804 bits per heavy atom. The Kier molecular flexibility index (Phi) is 12.8. The number of esters is 4. The van der Waals surface area contributed by atoms with Gasteiger partial charge in [-0.25, -0.2) is 19.2 Å². The summed E-state index contributed by atoms with van der Waals surface area (Å²) in [6, 6.07) is 3.88. The lowest BCUT2D eigenvalue weighted by Gasteiger charge is -2.10. The second-order valence-corrected chi connectivity index (χ2v) is 25.9. The van der Waals surface area contributed by atoms with Crippen molar-refractivity contribution in [2.24, 2.45) is 0 Å². The predicted octanol–water partition coefficient (Wildman–Crippen LogP) is 6.82. The first-order valence-corrected chi connectivity index (χ1v) is 24.0. The maximum atomic E-state index is 12.5. The molecule has 0 amide bonds. The van der Waals surface area contributed by atoms with Crippen molar-refractivity contribution in [3.8, 4) is 22.9 Å². The van der Waals surface area contributed by atoms with Gasteiger partial charge < -0.3 is 18.9 Å². The van der Waals surface area contributed by atoms with E-state index >= 15 is 0 Å². The fourth-order valence-electron chi connectivity index (χ4n) is 3.51. The quantitative estimate of drug-likeness (QED) is 0.133. The van der Waals surface area contributed by atoms with Crippen molar-refractivity contribution in [3.63, 3.8) is 0 Å². The third-order valence-corrected chi connectivity index (χ3v) is 12.2. The van der Waals surface area contributed by atoms with E-state index in [0.29, 0.717) is 8.47 Å². The van der Waals surface area contributed by atoms with E-state index in [2.05, 4.69) is 62.2 Å². The molecule has 0 bridgehead atoms. The molecule has 2 aliphatic heterocycles. The van der Waals surface area contributed by atoms with E-state index in [-0.39, 0.29) is 19.6 Å². The van der Waals surface area contributed by atoms with Crippen LogP contribution in [0.3, 0.4) is 0 Å². The van der Waals surface area contributed by atoms with Gasteiger partial charge in [-0.15, -0.1) is 11.1 Å². The van der Waals surface area contributed by atoms with E-state index in [4.69, 9.17) is 18.9 Å². The van der Waals surface area contributed by atoms with E-state index in [0.717, 1.165) is 69.3 Å². The number of thioether (sulfide) groups is 4. The van der Waals surface area contributed by atoms with Crippen molar-refractivity contribution in [2.45, 2.75) is 39.3 Å². The van der Waals surface area contributed by atoms with Gasteiger partial charge in [-0.3, -0.25) is 0 Å². The van der Waals surface area contributed by atoms with Crippen molar-refractivity contribution < 1.29 is 38.1 Å². The normalized spacial score (nSPS) is 14.6. The van der Waals surface area contributed by atoms with Crippen LogP contribution in [0.4, 0.5) is 0 Å². The van der Waals surface area contributed by atoms with Crippen molar-refractivity contribution >= 4 is 99.2 Å². The number of ether oxygens (including phenoxy) is 4. The smallest absolute Gasteiger partial charge is 0.346 e. The molecule has 0 saturated carbocycles. The van der Waals surface area contributed by atoms with Crippen molar-refractivity contribution in [1.82, 2.24) is 0 Å². The second-order valence-electron chi connectivity index (χ2n) is 11.6. The fourth-order valence-corrected chi connectivity index (χ4v) is 9.28. The summed E-state index contributed by atoms with van der Waals surface area (Å²) in [5.74, 6) is 4.24. The summed E-state index contributed by atoms with van der Waals surface area (Å²) < 4.78 is 21.0. The highest BCUT2D eigenvalue weighted by Crippen LogP contribution is 2.52. The maximum Gasteiger partial charge on any atom is 0.346 e. The van der Waals surface area contributed by atoms with Crippen molar-refractivity contribution in [2.75, 3.05) is 28.4 Å². The van der Waals surface area contributed by atoms with Crippen molar-refractivity contribution in [1.29, 1.82) is 0 Å². The zero-order valence-electron chi connectivity index (χ0n) is 27.2. The molecule has 0 N–H and O–H groups in total. The van der Waals surface area contributed by atoms with Gasteiger partial charge in [0.25, 0.3) is 0 Å². The molecule has 14 heteroatoms. The minimum absolute atomic E-state index is 0.158. The monoisotopic (exact) mass is 730 g/mol. The fraction of sp³-hybridized carbons (Fsp3) is 0.312. The lowest BCUT2D eigenvalue weighted by molar-refractivity contribution is -0.138. The Morgan fingerprint density at radius 3 is 1.02 bits per heavy atom. The summed E-state index contributed by atoms with van der Waals surface area (Å²) in [5, 5.41) is 0. The molecule has 0 spiro atoms. The molecular weight excluding hydrogens is 697 g/mol. The highest BCUT2D eigenvalue weighted by atomic mass is 32.2. The topological polar surface area (TPSA) is 105 Å². The van der Waals surface area contributed by atoms with Gasteiger partial charge in [0, 0.05) is 11.1 Å². The molecule has 0 saturated heterocycles. The molecule has 2 aliphatic rings. The van der Waals surface area contributed by atoms with Crippen LogP contribution in [0.25, 0.3) is 12.2 Å². The summed E-state index contributed by atoms with van der Waals surface area (Å²) in [6.07, 6.45) is 3.76. The maximum absolute atomic E-state index is 12.5. The van der Waals surface area contributed by atoms with Gasteiger partial charge >= 0.3 is 23.9 Å². The lowest BCUT2D eigenvalue weighted by Crippen LogP contribution is -2.16. The van der Waals surface area contributed by atoms with Crippen LogP contribution in [0.5, 0.6) is 0 Å². The standard InChI is InChI=1S/C32H34O8S4Si2/c1-37-29(33)25-26(30(34)38-2)42-23(41-25)17-21-15-20(12-14-46(8,9)10)22(16-19(21)11-13-45(5,6)7)18-24-43-27(31(35)39-3)28(44-24)32(36)40-4/h15-18H,1-10H3. The average molecular weight is 731 g/mol. The van der Waals surface area contributed by atoms with E-state index in [1.54, 1.807) is 0 Å². The zero-order chi connectivity index (χ0) is 34.4. The van der Waals surface area contributed by atoms with Crippen LogP contribution in [-0.2, 0) is 38.1 Å². The van der Waals surface area contributed by atoms with Gasteiger partial charge in [-0.1, -0.05) is 98.2 Å². The molecule has 0 aromatic heterocycles. The largest absolute Gasteiger partial charge is 0.465 e. The van der Waals surface area contributed by atoms with Gasteiger partial charge in [0.05, 0.1) is 36.9 Å².